The highest BCUT2D eigenvalue weighted by atomic mass is 79.9. The van der Waals surface area contributed by atoms with E-state index in [2.05, 4.69) is 39.1 Å². The van der Waals surface area contributed by atoms with Gasteiger partial charge >= 0.3 is 0 Å². The van der Waals surface area contributed by atoms with Gasteiger partial charge in [0, 0.05) is 19.7 Å². The summed E-state index contributed by atoms with van der Waals surface area (Å²) in [5.41, 5.74) is 4.38. The van der Waals surface area contributed by atoms with Crippen LogP contribution >= 0.6 is 15.9 Å². The van der Waals surface area contributed by atoms with Crippen molar-refractivity contribution in [2.24, 2.45) is 0 Å². The normalized spacial score (nSPS) is 10.6. The lowest BCUT2D eigenvalue weighted by atomic mass is 10.0. The van der Waals surface area contributed by atoms with E-state index in [0.717, 1.165) is 38.4 Å². The number of nitrogens with one attached hydrogen (secondary N) is 1. The maximum atomic E-state index is 5.34. The van der Waals surface area contributed by atoms with Crippen molar-refractivity contribution in [1.29, 1.82) is 0 Å². The van der Waals surface area contributed by atoms with E-state index >= 15 is 0 Å². The van der Waals surface area contributed by atoms with Crippen molar-refractivity contribution in [3.05, 3.63) is 27.7 Å². The SMILES string of the molecule is COc1cc(C)c(-c2[nH]nc(N(C)C)c2Br)cc1C. The number of hydrogen-bond acceptors (Lipinski definition) is 3. The molecule has 2 rings (SSSR count). The van der Waals surface area contributed by atoms with E-state index < -0.39 is 0 Å². The zero-order valence-electron chi connectivity index (χ0n) is 11.8. The molecule has 0 aliphatic heterocycles. The maximum absolute atomic E-state index is 5.34. The van der Waals surface area contributed by atoms with Gasteiger partial charge in [-0.05, 0) is 53.0 Å². The number of H-pyrrole nitrogens is 1. The molecule has 1 heterocycles. The van der Waals surface area contributed by atoms with Gasteiger partial charge in [0.05, 0.1) is 17.3 Å². The van der Waals surface area contributed by atoms with Crippen LogP contribution in [0.3, 0.4) is 0 Å². The Hall–Kier alpha value is -1.49. The fourth-order valence-electron chi connectivity index (χ4n) is 2.07. The molecule has 1 aromatic carbocycles. The Morgan fingerprint density at radius 1 is 1.21 bits per heavy atom. The number of halogens is 1. The number of hydrogen-bond donors (Lipinski definition) is 1. The first-order valence-corrected chi connectivity index (χ1v) is 6.81. The number of aromatic amines is 1. The summed E-state index contributed by atoms with van der Waals surface area (Å²) in [5, 5.41) is 7.43. The minimum absolute atomic E-state index is 0.892. The van der Waals surface area contributed by atoms with E-state index in [1.54, 1.807) is 7.11 Å². The minimum atomic E-state index is 0.892. The van der Waals surface area contributed by atoms with Gasteiger partial charge in [0.15, 0.2) is 5.82 Å². The highest BCUT2D eigenvalue weighted by Gasteiger charge is 2.16. The maximum Gasteiger partial charge on any atom is 0.164 e. The molecule has 4 nitrogen and oxygen atoms in total. The van der Waals surface area contributed by atoms with E-state index in [1.807, 2.05) is 32.0 Å². The molecule has 0 radical (unpaired) electrons. The Balaban J connectivity index is 2.56. The largest absolute Gasteiger partial charge is 0.496 e. The standard InChI is InChI=1S/C14H18BrN3O/c1-8-7-11(19-5)9(2)6-10(8)13-12(15)14(17-16-13)18(3)4/h6-7H,1-5H3,(H,16,17). The molecule has 0 aliphatic rings. The van der Waals surface area contributed by atoms with Crippen molar-refractivity contribution in [1.82, 2.24) is 10.2 Å². The Labute approximate surface area is 121 Å². The topological polar surface area (TPSA) is 41.1 Å². The second-order valence-electron chi connectivity index (χ2n) is 4.77. The molecule has 19 heavy (non-hydrogen) atoms. The third-order valence-corrected chi connectivity index (χ3v) is 3.88. The summed E-state index contributed by atoms with van der Waals surface area (Å²) in [6.07, 6.45) is 0. The fourth-order valence-corrected chi connectivity index (χ4v) is 2.82. The van der Waals surface area contributed by atoms with Crippen molar-refractivity contribution >= 4 is 21.7 Å². The summed E-state index contributed by atoms with van der Waals surface area (Å²) < 4.78 is 6.32. The molecule has 0 atom stereocenters. The van der Waals surface area contributed by atoms with Crippen LogP contribution in [0.2, 0.25) is 0 Å². The molecule has 0 saturated heterocycles. The molecule has 0 saturated carbocycles. The van der Waals surface area contributed by atoms with Gasteiger partial charge in [-0.25, -0.2) is 0 Å². The van der Waals surface area contributed by atoms with Crippen molar-refractivity contribution < 1.29 is 4.74 Å². The van der Waals surface area contributed by atoms with Crippen molar-refractivity contribution in [3.8, 4) is 17.0 Å². The summed E-state index contributed by atoms with van der Waals surface area (Å²) in [4.78, 5) is 1.97. The van der Waals surface area contributed by atoms with Gasteiger partial charge < -0.3 is 9.64 Å². The first-order chi connectivity index (χ1) is 8.95. The Morgan fingerprint density at radius 3 is 2.42 bits per heavy atom. The molecule has 102 valence electrons. The Kier molecular flexibility index (Phi) is 3.85. The zero-order valence-corrected chi connectivity index (χ0v) is 13.4. The van der Waals surface area contributed by atoms with E-state index in [1.165, 1.54) is 0 Å². The van der Waals surface area contributed by atoms with Gasteiger partial charge in [-0.15, -0.1) is 0 Å². The van der Waals surface area contributed by atoms with E-state index in [-0.39, 0.29) is 0 Å². The first kappa shape index (κ1) is 13.9. The molecular formula is C14H18BrN3O. The third kappa shape index (κ3) is 2.47. The fraction of sp³-hybridized carbons (Fsp3) is 0.357. The molecule has 2 aromatic rings. The molecule has 0 amide bonds. The van der Waals surface area contributed by atoms with Gasteiger partial charge in [-0.3, -0.25) is 5.10 Å². The van der Waals surface area contributed by atoms with Gasteiger partial charge in [0.25, 0.3) is 0 Å². The number of aromatic nitrogens is 2. The molecule has 0 fully saturated rings. The van der Waals surface area contributed by atoms with Crippen molar-refractivity contribution in [2.45, 2.75) is 13.8 Å². The molecule has 5 heteroatoms. The smallest absolute Gasteiger partial charge is 0.164 e. The van der Waals surface area contributed by atoms with Crippen LogP contribution in [0.1, 0.15) is 11.1 Å². The number of methoxy groups -OCH3 is 1. The van der Waals surface area contributed by atoms with Gasteiger partial charge in [-0.1, -0.05) is 0 Å². The van der Waals surface area contributed by atoms with Crippen LogP contribution in [-0.2, 0) is 0 Å². The number of ether oxygens (including phenoxy) is 1. The molecule has 1 aromatic heterocycles. The van der Waals surface area contributed by atoms with Crippen LogP contribution in [0.15, 0.2) is 16.6 Å². The van der Waals surface area contributed by atoms with Gasteiger partial charge in [0.2, 0.25) is 0 Å². The summed E-state index contributed by atoms with van der Waals surface area (Å²) in [7, 11) is 5.63. The molecular weight excluding hydrogens is 306 g/mol. The van der Waals surface area contributed by atoms with Crippen LogP contribution in [0.25, 0.3) is 11.3 Å². The Bertz CT molecular complexity index is 605. The number of nitrogens with zero attached hydrogens (tertiary/aromatic N) is 2. The molecule has 0 spiro atoms. The van der Waals surface area contributed by atoms with E-state index in [9.17, 15) is 0 Å². The third-order valence-electron chi connectivity index (χ3n) is 3.12. The Morgan fingerprint density at radius 2 is 1.89 bits per heavy atom. The van der Waals surface area contributed by atoms with Gasteiger partial charge in [-0.2, -0.15) is 5.10 Å². The average molecular weight is 324 g/mol. The monoisotopic (exact) mass is 323 g/mol. The van der Waals surface area contributed by atoms with E-state index in [4.69, 9.17) is 4.74 Å². The summed E-state index contributed by atoms with van der Waals surface area (Å²) in [5.74, 6) is 1.80. The second-order valence-corrected chi connectivity index (χ2v) is 5.56. The minimum Gasteiger partial charge on any atom is -0.496 e. The molecule has 0 unspecified atom stereocenters. The lowest BCUT2D eigenvalue weighted by Gasteiger charge is -2.11. The van der Waals surface area contributed by atoms with Crippen LogP contribution in [0.5, 0.6) is 5.75 Å². The van der Waals surface area contributed by atoms with E-state index in [0.29, 0.717) is 0 Å². The molecule has 0 bridgehead atoms. The first-order valence-electron chi connectivity index (χ1n) is 6.02. The predicted molar refractivity (Wildman–Crippen MR) is 82.1 cm³/mol. The van der Waals surface area contributed by atoms with Crippen LogP contribution in [0, 0.1) is 13.8 Å². The molecule has 1 N–H and O–H groups in total. The van der Waals surface area contributed by atoms with Crippen LogP contribution in [0.4, 0.5) is 5.82 Å². The van der Waals surface area contributed by atoms with Crippen molar-refractivity contribution in [2.75, 3.05) is 26.1 Å². The number of rotatable bonds is 3. The average Bonchev–Trinajstić information content (AvgIpc) is 2.73. The lowest BCUT2D eigenvalue weighted by molar-refractivity contribution is 0.411. The predicted octanol–water partition coefficient (Wildman–Crippen LogP) is 3.53. The highest BCUT2D eigenvalue weighted by Crippen LogP contribution is 2.36. The van der Waals surface area contributed by atoms with Crippen molar-refractivity contribution in [3.63, 3.8) is 0 Å². The lowest BCUT2D eigenvalue weighted by Crippen LogP contribution is -2.09. The highest BCUT2D eigenvalue weighted by molar-refractivity contribution is 9.10. The van der Waals surface area contributed by atoms with Crippen LogP contribution in [-0.4, -0.2) is 31.4 Å². The number of anilines is 1. The summed E-state index contributed by atoms with van der Waals surface area (Å²) in [6, 6.07) is 4.17. The zero-order chi connectivity index (χ0) is 14.2. The second kappa shape index (κ2) is 5.25. The van der Waals surface area contributed by atoms with Crippen LogP contribution < -0.4 is 9.64 Å². The summed E-state index contributed by atoms with van der Waals surface area (Å²) in [6.45, 7) is 4.11. The summed E-state index contributed by atoms with van der Waals surface area (Å²) >= 11 is 3.62. The van der Waals surface area contributed by atoms with Gasteiger partial charge in [0.1, 0.15) is 5.75 Å². The quantitative estimate of drug-likeness (QED) is 0.939. The number of benzene rings is 1. The number of aryl methyl sites for hydroxylation is 2. The molecule has 0 aliphatic carbocycles.